The zero-order valence-electron chi connectivity index (χ0n) is 8.25. The molecule has 1 N–H and O–H groups in total. The second-order valence-corrected chi connectivity index (χ2v) is 4.75. The predicted octanol–water partition coefficient (Wildman–Crippen LogP) is 2.73. The molecule has 2 nitrogen and oxygen atoms in total. The van der Waals surface area contributed by atoms with E-state index in [0.29, 0.717) is 6.42 Å². The van der Waals surface area contributed by atoms with Gasteiger partial charge in [-0.2, -0.15) is 0 Å². The van der Waals surface area contributed by atoms with Crippen LogP contribution in [0.4, 0.5) is 5.69 Å². The van der Waals surface area contributed by atoms with Crippen LogP contribution < -0.4 is 5.32 Å². The minimum Gasteiger partial charge on any atom is -0.325 e. The molecule has 1 amide bonds. The number of aryl methyl sites for hydroxylation is 1. The summed E-state index contributed by atoms with van der Waals surface area (Å²) in [5, 5.41) is 5.09. The van der Waals surface area contributed by atoms with Crippen LogP contribution in [-0.2, 0) is 17.6 Å². The number of carbonyl (C=O) groups is 1. The lowest BCUT2D eigenvalue weighted by Gasteiger charge is -2.22. The lowest BCUT2D eigenvalue weighted by atomic mass is 9.99. The Morgan fingerprint density at radius 3 is 3.00 bits per heavy atom. The first-order valence-corrected chi connectivity index (χ1v) is 5.99. The zero-order valence-corrected chi connectivity index (χ0v) is 9.06. The van der Waals surface area contributed by atoms with Gasteiger partial charge in [-0.05, 0) is 29.4 Å². The van der Waals surface area contributed by atoms with Crippen LogP contribution in [0.3, 0.4) is 0 Å². The van der Waals surface area contributed by atoms with Crippen LogP contribution in [0.1, 0.15) is 17.5 Å². The summed E-state index contributed by atoms with van der Waals surface area (Å²) in [5.41, 5.74) is 3.65. The molecule has 0 saturated heterocycles. The highest BCUT2D eigenvalue weighted by molar-refractivity contribution is 8.02. The van der Waals surface area contributed by atoms with Crippen molar-refractivity contribution in [2.45, 2.75) is 24.2 Å². The molecule has 0 fully saturated rings. The quantitative estimate of drug-likeness (QED) is 0.724. The summed E-state index contributed by atoms with van der Waals surface area (Å²) in [7, 11) is 0. The minimum absolute atomic E-state index is 0.144. The Labute approximate surface area is 92.8 Å². The highest BCUT2D eigenvalue weighted by atomic mass is 32.2. The van der Waals surface area contributed by atoms with E-state index < -0.39 is 0 Å². The first-order valence-electron chi connectivity index (χ1n) is 5.11. The Bertz CT molecular complexity index is 465. The van der Waals surface area contributed by atoms with E-state index >= 15 is 0 Å². The second-order valence-electron chi connectivity index (χ2n) is 3.83. The van der Waals surface area contributed by atoms with E-state index in [2.05, 4.69) is 28.9 Å². The van der Waals surface area contributed by atoms with Crippen LogP contribution in [0.2, 0.25) is 0 Å². The molecular formula is C12H11NOS. The topological polar surface area (TPSA) is 29.1 Å². The summed E-state index contributed by atoms with van der Waals surface area (Å²) in [6, 6.07) is 4.33. The summed E-state index contributed by atoms with van der Waals surface area (Å²) < 4.78 is 0. The van der Waals surface area contributed by atoms with Crippen LogP contribution >= 0.6 is 11.8 Å². The summed E-state index contributed by atoms with van der Waals surface area (Å²) in [4.78, 5) is 12.6. The number of nitrogens with one attached hydrogen (secondary N) is 1. The maximum Gasteiger partial charge on any atom is 0.224 e. The zero-order chi connectivity index (χ0) is 10.3. The molecule has 76 valence electrons. The van der Waals surface area contributed by atoms with Crippen molar-refractivity contribution in [3.8, 4) is 0 Å². The minimum atomic E-state index is 0.144. The maximum absolute atomic E-state index is 11.4. The summed E-state index contributed by atoms with van der Waals surface area (Å²) >= 11 is 1.71. The van der Waals surface area contributed by atoms with Gasteiger partial charge < -0.3 is 5.32 Å². The van der Waals surface area contributed by atoms with Gasteiger partial charge in [-0.3, -0.25) is 4.79 Å². The van der Waals surface area contributed by atoms with Gasteiger partial charge in [-0.25, -0.2) is 0 Å². The molecule has 0 saturated carbocycles. The third-order valence-corrected chi connectivity index (χ3v) is 3.86. The Morgan fingerprint density at radius 1 is 1.20 bits per heavy atom. The van der Waals surface area contributed by atoms with Gasteiger partial charge in [-0.1, -0.05) is 30.0 Å². The van der Waals surface area contributed by atoms with E-state index in [4.69, 9.17) is 0 Å². The van der Waals surface area contributed by atoms with Crippen molar-refractivity contribution in [1.29, 1.82) is 0 Å². The van der Waals surface area contributed by atoms with Crippen LogP contribution in [0.15, 0.2) is 28.5 Å². The average Bonchev–Trinajstić information content (AvgIpc) is 2.29. The number of anilines is 1. The van der Waals surface area contributed by atoms with E-state index in [-0.39, 0.29) is 5.91 Å². The number of carbonyl (C=O) groups excluding carboxylic acids is 1. The van der Waals surface area contributed by atoms with Gasteiger partial charge in [0, 0.05) is 11.3 Å². The number of hydrogen-bond donors (Lipinski definition) is 1. The average molecular weight is 217 g/mol. The fraction of sp³-hybridized carbons (Fsp3) is 0.250. The van der Waals surface area contributed by atoms with Crippen LogP contribution in [0.25, 0.3) is 0 Å². The van der Waals surface area contributed by atoms with Crippen molar-refractivity contribution in [2.75, 3.05) is 5.32 Å². The molecule has 0 aliphatic carbocycles. The molecule has 0 bridgehead atoms. The van der Waals surface area contributed by atoms with E-state index in [1.165, 1.54) is 16.0 Å². The Kier molecular flexibility index (Phi) is 2.06. The lowest BCUT2D eigenvalue weighted by Crippen LogP contribution is -2.20. The van der Waals surface area contributed by atoms with Crippen molar-refractivity contribution in [3.63, 3.8) is 0 Å². The predicted molar refractivity (Wildman–Crippen MR) is 62.1 cm³/mol. The fourth-order valence-corrected chi connectivity index (χ4v) is 2.98. The molecule has 2 heterocycles. The molecule has 0 radical (unpaired) electrons. The molecule has 0 spiro atoms. The highest BCUT2D eigenvalue weighted by Crippen LogP contribution is 2.39. The van der Waals surface area contributed by atoms with Crippen LogP contribution in [0.5, 0.6) is 0 Å². The van der Waals surface area contributed by atoms with E-state index in [0.717, 1.165) is 18.5 Å². The number of allylic oxidation sites excluding steroid dienone is 1. The number of benzene rings is 1. The first-order chi connectivity index (χ1) is 7.34. The van der Waals surface area contributed by atoms with Crippen molar-refractivity contribution >= 4 is 23.4 Å². The van der Waals surface area contributed by atoms with Gasteiger partial charge >= 0.3 is 0 Å². The van der Waals surface area contributed by atoms with Gasteiger partial charge in [-0.15, -0.1) is 0 Å². The van der Waals surface area contributed by atoms with Gasteiger partial charge in [0.1, 0.15) is 0 Å². The number of amides is 1. The standard InChI is InChI=1S/C12H11NOS/c14-10-6-5-8-3-4-9-2-1-7-15-12(9)11(8)13-10/h1,3-4,7H,2,5-6H2,(H,13,14). The van der Waals surface area contributed by atoms with E-state index in [9.17, 15) is 4.79 Å². The fourth-order valence-electron chi connectivity index (χ4n) is 2.05. The molecule has 2 aliphatic rings. The smallest absolute Gasteiger partial charge is 0.224 e. The first kappa shape index (κ1) is 9.04. The number of hydrogen-bond acceptors (Lipinski definition) is 2. The molecule has 0 aromatic heterocycles. The van der Waals surface area contributed by atoms with Gasteiger partial charge in [0.15, 0.2) is 0 Å². The lowest BCUT2D eigenvalue weighted by molar-refractivity contribution is -0.116. The van der Waals surface area contributed by atoms with Crippen molar-refractivity contribution in [1.82, 2.24) is 0 Å². The monoisotopic (exact) mass is 217 g/mol. The summed E-state index contributed by atoms with van der Waals surface area (Å²) in [6.45, 7) is 0. The van der Waals surface area contributed by atoms with Crippen molar-refractivity contribution in [2.24, 2.45) is 0 Å². The Morgan fingerprint density at radius 2 is 2.07 bits per heavy atom. The summed E-state index contributed by atoms with van der Waals surface area (Å²) in [5.74, 6) is 0.144. The number of thioether (sulfide) groups is 1. The molecule has 0 atom stereocenters. The molecular weight excluding hydrogens is 206 g/mol. The molecule has 3 heteroatoms. The number of rotatable bonds is 0. The molecule has 3 rings (SSSR count). The largest absolute Gasteiger partial charge is 0.325 e. The van der Waals surface area contributed by atoms with Crippen LogP contribution in [-0.4, -0.2) is 5.91 Å². The Hall–Kier alpha value is -1.22. The molecule has 0 unspecified atom stereocenters. The maximum atomic E-state index is 11.4. The molecule has 15 heavy (non-hydrogen) atoms. The molecule has 1 aromatic carbocycles. The normalized spacial score (nSPS) is 18.0. The van der Waals surface area contributed by atoms with E-state index in [1.807, 2.05) is 0 Å². The highest BCUT2D eigenvalue weighted by Gasteiger charge is 2.20. The SMILES string of the molecule is O=C1CCc2ccc3c(c2N1)SC=CC3. The van der Waals surface area contributed by atoms with Gasteiger partial charge in [0.25, 0.3) is 0 Å². The third kappa shape index (κ3) is 1.47. The third-order valence-electron chi connectivity index (χ3n) is 2.83. The van der Waals surface area contributed by atoms with Crippen LogP contribution in [0, 0.1) is 0 Å². The second kappa shape index (κ2) is 3.42. The van der Waals surface area contributed by atoms with Gasteiger partial charge in [0.2, 0.25) is 5.91 Å². The van der Waals surface area contributed by atoms with Crippen molar-refractivity contribution in [3.05, 3.63) is 34.7 Å². The van der Waals surface area contributed by atoms with E-state index in [1.54, 1.807) is 11.8 Å². The summed E-state index contributed by atoms with van der Waals surface area (Å²) in [6.07, 6.45) is 4.63. The van der Waals surface area contributed by atoms with Gasteiger partial charge in [0.05, 0.1) is 5.69 Å². The molecule has 2 aliphatic heterocycles. The Balaban J connectivity index is 2.14. The molecule has 1 aromatic rings. The number of fused-ring (bicyclic) bond motifs is 3. The van der Waals surface area contributed by atoms with Crippen molar-refractivity contribution < 1.29 is 4.79 Å².